The first-order valence-corrected chi connectivity index (χ1v) is 6.40. The predicted octanol–water partition coefficient (Wildman–Crippen LogP) is 2.50. The molecule has 1 aliphatic carbocycles. The van der Waals surface area contributed by atoms with E-state index < -0.39 is 0 Å². The summed E-state index contributed by atoms with van der Waals surface area (Å²) in [6.07, 6.45) is 5.93. The van der Waals surface area contributed by atoms with E-state index in [2.05, 4.69) is 5.32 Å². The maximum atomic E-state index is 11.4. The topological polar surface area (TPSA) is 38.3 Å². The highest BCUT2D eigenvalue weighted by molar-refractivity contribution is 5.70. The van der Waals surface area contributed by atoms with E-state index in [1.165, 1.54) is 25.7 Å². The SMILES string of the molecule is CC(C)(C)OC(=O)CCNCCC1CCC1. The molecule has 0 aromatic heterocycles. The van der Waals surface area contributed by atoms with Crippen LogP contribution in [0.25, 0.3) is 0 Å². The van der Waals surface area contributed by atoms with Gasteiger partial charge >= 0.3 is 5.97 Å². The van der Waals surface area contributed by atoms with Gasteiger partial charge in [-0.05, 0) is 39.7 Å². The number of carbonyl (C=O) groups excluding carboxylic acids is 1. The quantitative estimate of drug-likeness (QED) is 0.559. The third-order valence-electron chi connectivity index (χ3n) is 2.88. The molecule has 0 aliphatic heterocycles. The minimum absolute atomic E-state index is 0.108. The lowest BCUT2D eigenvalue weighted by Gasteiger charge is -2.25. The molecule has 0 unspecified atom stereocenters. The Hall–Kier alpha value is -0.570. The van der Waals surface area contributed by atoms with Gasteiger partial charge in [0, 0.05) is 6.54 Å². The summed E-state index contributed by atoms with van der Waals surface area (Å²) in [5.74, 6) is 0.831. The lowest BCUT2D eigenvalue weighted by atomic mass is 9.83. The van der Waals surface area contributed by atoms with E-state index in [-0.39, 0.29) is 11.6 Å². The average Bonchev–Trinajstić information content (AvgIpc) is 2.04. The summed E-state index contributed by atoms with van der Waals surface area (Å²) in [7, 11) is 0. The molecule has 0 radical (unpaired) electrons. The van der Waals surface area contributed by atoms with Crippen molar-refractivity contribution in [2.24, 2.45) is 5.92 Å². The number of hydrogen-bond donors (Lipinski definition) is 1. The lowest BCUT2D eigenvalue weighted by Crippen LogP contribution is -2.28. The van der Waals surface area contributed by atoms with E-state index in [0.29, 0.717) is 6.42 Å². The van der Waals surface area contributed by atoms with Crippen LogP contribution in [0.2, 0.25) is 0 Å². The van der Waals surface area contributed by atoms with E-state index in [4.69, 9.17) is 4.74 Å². The lowest BCUT2D eigenvalue weighted by molar-refractivity contribution is -0.154. The van der Waals surface area contributed by atoms with E-state index in [9.17, 15) is 4.79 Å². The highest BCUT2D eigenvalue weighted by atomic mass is 16.6. The van der Waals surface area contributed by atoms with Gasteiger partial charge in [-0.2, -0.15) is 0 Å². The van der Waals surface area contributed by atoms with Gasteiger partial charge in [-0.1, -0.05) is 19.3 Å². The van der Waals surface area contributed by atoms with Crippen LogP contribution in [-0.4, -0.2) is 24.7 Å². The van der Waals surface area contributed by atoms with Crippen LogP contribution in [0.15, 0.2) is 0 Å². The molecule has 1 fully saturated rings. The summed E-state index contributed by atoms with van der Waals surface area (Å²) in [5.41, 5.74) is -0.358. The summed E-state index contributed by atoms with van der Waals surface area (Å²) in [6, 6.07) is 0. The molecule has 1 rings (SSSR count). The first-order chi connectivity index (χ1) is 7.47. The molecule has 0 amide bonds. The van der Waals surface area contributed by atoms with Gasteiger partial charge < -0.3 is 10.1 Å². The number of nitrogens with one attached hydrogen (secondary N) is 1. The highest BCUT2D eigenvalue weighted by Crippen LogP contribution is 2.28. The highest BCUT2D eigenvalue weighted by Gasteiger charge is 2.17. The minimum atomic E-state index is -0.358. The normalized spacial score (nSPS) is 16.9. The van der Waals surface area contributed by atoms with Crippen molar-refractivity contribution in [3.05, 3.63) is 0 Å². The second-order valence-electron chi connectivity index (χ2n) is 5.67. The molecule has 0 aromatic carbocycles. The molecule has 16 heavy (non-hydrogen) atoms. The number of hydrogen-bond acceptors (Lipinski definition) is 3. The number of esters is 1. The Morgan fingerprint density at radius 1 is 1.31 bits per heavy atom. The van der Waals surface area contributed by atoms with Crippen LogP contribution < -0.4 is 5.32 Å². The first-order valence-electron chi connectivity index (χ1n) is 6.40. The average molecular weight is 227 g/mol. The third kappa shape index (κ3) is 6.11. The Balaban J connectivity index is 1.91. The third-order valence-corrected chi connectivity index (χ3v) is 2.88. The van der Waals surface area contributed by atoms with Crippen molar-refractivity contribution >= 4 is 5.97 Å². The van der Waals surface area contributed by atoms with Gasteiger partial charge in [-0.3, -0.25) is 4.79 Å². The van der Waals surface area contributed by atoms with Crippen LogP contribution in [0.4, 0.5) is 0 Å². The Morgan fingerprint density at radius 3 is 2.50 bits per heavy atom. The maximum absolute atomic E-state index is 11.4. The largest absolute Gasteiger partial charge is 0.460 e. The van der Waals surface area contributed by atoms with Gasteiger partial charge in [-0.15, -0.1) is 0 Å². The minimum Gasteiger partial charge on any atom is -0.460 e. The smallest absolute Gasteiger partial charge is 0.307 e. The summed E-state index contributed by atoms with van der Waals surface area (Å²) >= 11 is 0. The van der Waals surface area contributed by atoms with Crippen molar-refractivity contribution in [2.75, 3.05) is 13.1 Å². The second-order valence-corrected chi connectivity index (χ2v) is 5.67. The van der Waals surface area contributed by atoms with Crippen LogP contribution in [0, 0.1) is 5.92 Å². The van der Waals surface area contributed by atoms with Gasteiger partial charge in [-0.25, -0.2) is 0 Å². The van der Waals surface area contributed by atoms with Crippen molar-refractivity contribution in [2.45, 2.75) is 58.5 Å². The molecule has 0 atom stereocenters. The molecule has 0 saturated heterocycles. The van der Waals surface area contributed by atoms with Gasteiger partial charge in [0.25, 0.3) is 0 Å². The molecule has 3 heteroatoms. The summed E-state index contributed by atoms with van der Waals surface area (Å²) in [6.45, 7) is 7.47. The summed E-state index contributed by atoms with van der Waals surface area (Å²) < 4.78 is 5.22. The van der Waals surface area contributed by atoms with Crippen LogP contribution in [0.3, 0.4) is 0 Å². The Morgan fingerprint density at radius 2 is 2.00 bits per heavy atom. The predicted molar refractivity (Wildman–Crippen MR) is 65.3 cm³/mol. The van der Waals surface area contributed by atoms with Gasteiger partial charge in [0.05, 0.1) is 6.42 Å². The fraction of sp³-hybridized carbons (Fsp3) is 0.923. The van der Waals surface area contributed by atoms with Crippen LogP contribution >= 0.6 is 0 Å². The van der Waals surface area contributed by atoms with Crippen molar-refractivity contribution in [1.29, 1.82) is 0 Å². The summed E-state index contributed by atoms with van der Waals surface area (Å²) in [5, 5.41) is 3.30. The van der Waals surface area contributed by atoms with Crippen molar-refractivity contribution in [3.8, 4) is 0 Å². The monoisotopic (exact) mass is 227 g/mol. The maximum Gasteiger partial charge on any atom is 0.307 e. The summed E-state index contributed by atoms with van der Waals surface area (Å²) in [4.78, 5) is 11.4. The second kappa shape index (κ2) is 6.24. The molecular weight excluding hydrogens is 202 g/mol. The van der Waals surface area contributed by atoms with Crippen LogP contribution in [0.5, 0.6) is 0 Å². The van der Waals surface area contributed by atoms with Gasteiger partial charge in [0.15, 0.2) is 0 Å². The zero-order valence-corrected chi connectivity index (χ0v) is 10.8. The standard InChI is InChI=1S/C13H25NO2/c1-13(2,3)16-12(15)8-10-14-9-7-11-5-4-6-11/h11,14H,4-10H2,1-3H3. The van der Waals surface area contributed by atoms with Crippen molar-refractivity contribution in [1.82, 2.24) is 5.32 Å². The Labute approximate surface area is 98.9 Å². The van der Waals surface area contributed by atoms with E-state index >= 15 is 0 Å². The Bertz CT molecular complexity index is 216. The zero-order chi connectivity index (χ0) is 12.0. The van der Waals surface area contributed by atoms with Crippen molar-refractivity contribution < 1.29 is 9.53 Å². The van der Waals surface area contributed by atoms with Gasteiger partial charge in [0.2, 0.25) is 0 Å². The number of ether oxygens (including phenoxy) is 1. The molecular formula is C13H25NO2. The number of carbonyl (C=O) groups is 1. The van der Waals surface area contributed by atoms with E-state index in [1.54, 1.807) is 0 Å². The molecule has 1 N–H and O–H groups in total. The molecule has 0 heterocycles. The van der Waals surface area contributed by atoms with Crippen molar-refractivity contribution in [3.63, 3.8) is 0 Å². The van der Waals surface area contributed by atoms with Gasteiger partial charge in [0.1, 0.15) is 5.60 Å². The molecule has 94 valence electrons. The zero-order valence-electron chi connectivity index (χ0n) is 10.8. The van der Waals surface area contributed by atoms with E-state index in [1.807, 2.05) is 20.8 Å². The molecule has 0 spiro atoms. The molecule has 1 saturated carbocycles. The molecule has 0 bridgehead atoms. The fourth-order valence-corrected chi connectivity index (χ4v) is 1.80. The fourth-order valence-electron chi connectivity index (χ4n) is 1.80. The van der Waals surface area contributed by atoms with Crippen LogP contribution in [0.1, 0.15) is 52.9 Å². The Kier molecular flexibility index (Phi) is 5.26. The van der Waals surface area contributed by atoms with E-state index in [0.717, 1.165) is 19.0 Å². The first kappa shape index (κ1) is 13.5. The number of rotatable bonds is 6. The molecule has 3 nitrogen and oxygen atoms in total. The van der Waals surface area contributed by atoms with Crippen LogP contribution in [-0.2, 0) is 9.53 Å². The molecule has 1 aliphatic rings. The molecule has 0 aromatic rings.